The fourth-order valence-corrected chi connectivity index (χ4v) is 2.83. The number of unbranched alkanes of at least 4 members (excludes halogenated alkanes) is 1. The van der Waals surface area contributed by atoms with Gasteiger partial charge in [-0.25, -0.2) is 5.06 Å². The van der Waals surface area contributed by atoms with Crippen molar-refractivity contribution < 1.29 is 28.7 Å². The smallest absolute Gasteiger partial charge is 0.273 e. The molecule has 0 radical (unpaired) electrons. The molecule has 1 aliphatic rings. The summed E-state index contributed by atoms with van der Waals surface area (Å²) in [5, 5.41) is 1.10. The van der Waals surface area contributed by atoms with E-state index < -0.39 is 11.6 Å². The van der Waals surface area contributed by atoms with E-state index in [1.807, 2.05) is 6.92 Å². The molecule has 1 aliphatic carbocycles. The lowest BCUT2D eigenvalue weighted by molar-refractivity contribution is -0.164. The van der Waals surface area contributed by atoms with E-state index in [0.29, 0.717) is 17.6 Å². The molecule has 0 unspecified atom stereocenters. The maximum atomic E-state index is 12.9. The van der Waals surface area contributed by atoms with Crippen molar-refractivity contribution in [2.45, 2.75) is 40.0 Å². The van der Waals surface area contributed by atoms with E-state index in [1.54, 1.807) is 13.8 Å². The van der Waals surface area contributed by atoms with Crippen LogP contribution in [-0.2, 0) is 28.7 Å². The first-order valence-corrected chi connectivity index (χ1v) is 8.41. The fraction of sp³-hybridized carbons (Fsp3) is 0.526. The van der Waals surface area contributed by atoms with E-state index in [1.165, 1.54) is 28.4 Å². The first kappa shape index (κ1) is 21.6. The van der Waals surface area contributed by atoms with Gasteiger partial charge in [0.25, 0.3) is 5.91 Å². The second kappa shape index (κ2) is 9.33. The number of ether oxygens (including phenoxy) is 2. The first-order chi connectivity index (χ1) is 12.3. The third kappa shape index (κ3) is 4.04. The second-order valence-electron chi connectivity index (χ2n) is 5.92. The minimum Gasteiger partial charge on any atom is -0.489 e. The van der Waals surface area contributed by atoms with E-state index in [4.69, 9.17) is 14.3 Å². The van der Waals surface area contributed by atoms with Crippen molar-refractivity contribution >= 4 is 17.5 Å². The molecule has 0 aliphatic heterocycles. The van der Waals surface area contributed by atoms with Crippen molar-refractivity contribution in [1.82, 2.24) is 5.06 Å². The minimum absolute atomic E-state index is 0.123. The Hall–Kier alpha value is -2.41. The zero-order valence-corrected chi connectivity index (χ0v) is 16.5. The fourth-order valence-electron chi connectivity index (χ4n) is 2.83. The van der Waals surface area contributed by atoms with Gasteiger partial charge >= 0.3 is 0 Å². The molecule has 0 fully saturated rings. The average Bonchev–Trinajstić information content (AvgIpc) is 2.63. The Bertz CT molecular complexity index is 699. The van der Waals surface area contributed by atoms with Gasteiger partial charge in [-0.3, -0.25) is 19.2 Å². The maximum Gasteiger partial charge on any atom is 0.273 e. The van der Waals surface area contributed by atoms with E-state index >= 15 is 0 Å². The topological polar surface area (TPSA) is 82.1 Å². The molecule has 0 spiro atoms. The number of Topliss-reactive ketones (excluding diaryl/α,β-unsaturated/α-hetero) is 2. The molecule has 144 valence electrons. The normalized spacial score (nSPS) is 16.0. The Morgan fingerprint density at radius 3 is 2.04 bits per heavy atom. The van der Waals surface area contributed by atoms with Gasteiger partial charge in [0.05, 0.1) is 21.3 Å². The van der Waals surface area contributed by atoms with Gasteiger partial charge in [0.2, 0.25) is 23.1 Å². The van der Waals surface area contributed by atoms with E-state index in [9.17, 15) is 14.4 Å². The monoisotopic (exact) mass is 365 g/mol. The number of methoxy groups -OCH3 is 2. The van der Waals surface area contributed by atoms with Gasteiger partial charge in [-0.1, -0.05) is 13.3 Å². The molecule has 26 heavy (non-hydrogen) atoms. The van der Waals surface area contributed by atoms with Crippen LogP contribution < -0.4 is 0 Å². The van der Waals surface area contributed by atoms with E-state index in [2.05, 4.69) is 0 Å². The Balaban J connectivity index is 3.57. The second-order valence-corrected chi connectivity index (χ2v) is 5.92. The maximum absolute atomic E-state index is 12.9. The molecule has 0 atom stereocenters. The van der Waals surface area contributed by atoms with Crippen LogP contribution in [0.4, 0.5) is 0 Å². The molecule has 0 aromatic carbocycles. The lowest BCUT2D eigenvalue weighted by atomic mass is 9.85. The predicted octanol–water partition coefficient (Wildman–Crippen LogP) is 2.49. The number of amides is 1. The number of likely N-dealkylation sites (N-methyl/N-ethyl adjacent to an activating group) is 1. The highest BCUT2D eigenvalue weighted by molar-refractivity contribution is 6.25. The third-order valence-electron chi connectivity index (χ3n) is 4.40. The zero-order valence-electron chi connectivity index (χ0n) is 16.5. The number of carbonyl (C=O) groups is 3. The summed E-state index contributed by atoms with van der Waals surface area (Å²) >= 11 is 0. The first-order valence-electron chi connectivity index (χ1n) is 8.41. The van der Waals surface area contributed by atoms with Crippen molar-refractivity contribution in [2.24, 2.45) is 0 Å². The molecule has 0 saturated carbocycles. The lowest BCUT2D eigenvalue weighted by Crippen LogP contribution is -2.30. The third-order valence-corrected chi connectivity index (χ3v) is 4.40. The molecule has 7 nitrogen and oxygen atoms in total. The zero-order chi connectivity index (χ0) is 20.0. The van der Waals surface area contributed by atoms with Crippen LogP contribution >= 0.6 is 0 Å². The average molecular weight is 365 g/mol. The summed E-state index contributed by atoms with van der Waals surface area (Å²) in [6.45, 7) is 5.22. The van der Waals surface area contributed by atoms with Gasteiger partial charge in [0.1, 0.15) is 0 Å². The predicted molar refractivity (Wildman–Crippen MR) is 95.8 cm³/mol. The molecule has 0 aromatic heterocycles. The summed E-state index contributed by atoms with van der Waals surface area (Å²) < 4.78 is 10.1. The van der Waals surface area contributed by atoms with Gasteiger partial charge in [0, 0.05) is 23.8 Å². The van der Waals surface area contributed by atoms with Crippen LogP contribution in [0.25, 0.3) is 0 Å². The molecular weight excluding hydrogens is 338 g/mol. The lowest BCUT2D eigenvalue weighted by Gasteiger charge is -2.23. The number of carbonyl (C=O) groups excluding carboxylic acids is 3. The number of hydrogen-bond acceptors (Lipinski definition) is 6. The SMILES string of the molecule is CCCC/C(C(=O)N(C)OC)=C(/C)C1=C(C)C(=O)C(OC)=C(OC)C1=O. The molecule has 1 rings (SSSR count). The summed E-state index contributed by atoms with van der Waals surface area (Å²) in [7, 11) is 5.50. The highest BCUT2D eigenvalue weighted by Crippen LogP contribution is 2.32. The van der Waals surface area contributed by atoms with Crippen molar-refractivity contribution in [3.8, 4) is 0 Å². The molecule has 7 heteroatoms. The number of ketones is 2. The molecule has 0 heterocycles. The summed E-state index contributed by atoms with van der Waals surface area (Å²) in [6, 6.07) is 0. The van der Waals surface area contributed by atoms with Gasteiger partial charge in [-0.05, 0) is 32.3 Å². The van der Waals surface area contributed by atoms with Gasteiger partial charge in [-0.15, -0.1) is 0 Å². The van der Waals surface area contributed by atoms with Crippen LogP contribution in [0.2, 0.25) is 0 Å². The van der Waals surface area contributed by atoms with Crippen LogP contribution in [0.1, 0.15) is 40.0 Å². The largest absolute Gasteiger partial charge is 0.489 e. The number of hydroxylamine groups is 2. The standard InChI is InChI=1S/C19H27NO6/c1-8-9-10-13(19(23)20(4)26-7)11(2)14-12(3)15(21)17(24-5)18(25-6)16(14)22/h8-10H2,1-7H3/b13-11+. The van der Waals surface area contributed by atoms with Crippen LogP contribution in [0.5, 0.6) is 0 Å². The van der Waals surface area contributed by atoms with Crippen LogP contribution in [0.15, 0.2) is 33.8 Å². The highest BCUT2D eigenvalue weighted by atomic mass is 16.7. The van der Waals surface area contributed by atoms with Crippen LogP contribution in [0, 0.1) is 0 Å². The molecule has 1 amide bonds. The van der Waals surface area contributed by atoms with Crippen molar-refractivity contribution in [1.29, 1.82) is 0 Å². The van der Waals surface area contributed by atoms with Crippen molar-refractivity contribution in [3.05, 3.63) is 33.8 Å². The molecule has 0 aromatic rings. The van der Waals surface area contributed by atoms with Gasteiger partial charge < -0.3 is 9.47 Å². The highest BCUT2D eigenvalue weighted by Gasteiger charge is 2.36. The molecule has 0 bridgehead atoms. The minimum atomic E-state index is -0.471. The molecular formula is C19H27NO6. The Kier molecular flexibility index (Phi) is 7.76. The molecule has 0 N–H and O–H groups in total. The number of rotatable bonds is 8. The van der Waals surface area contributed by atoms with Crippen molar-refractivity contribution in [3.63, 3.8) is 0 Å². The Morgan fingerprint density at radius 2 is 1.58 bits per heavy atom. The quantitative estimate of drug-likeness (QED) is 0.373. The van der Waals surface area contributed by atoms with E-state index in [0.717, 1.165) is 17.9 Å². The number of hydrogen-bond donors (Lipinski definition) is 0. The van der Waals surface area contributed by atoms with Gasteiger partial charge in [-0.2, -0.15) is 0 Å². The summed E-state index contributed by atoms with van der Waals surface area (Å²) in [5.74, 6) is -1.53. The summed E-state index contributed by atoms with van der Waals surface area (Å²) in [5.41, 5.74) is 1.29. The van der Waals surface area contributed by atoms with Crippen LogP contribution in [-0.4, -0.2) is 50.9 Å². The summed E-state index contributed by atoms with van der Waals surface area (Å²) in [6.07, 6.45) is 2.11. The summed E-state index contributed by atoms with van der Waals surface area (Å²) in [4.78, 5) is 43.1. The van der Waals surface area contributed by atoms with Crippen LogP contribution in [0.3, 0.4) is 0 Å². The molecule has 0 saturated heterocycles. The Morgan fingerprint density at radius 1 is 1.04 bits per heavy atom. The van der Waals surface area contributed by atoms with Gasteiger partial charge in [0.15, 0.2) is 0 Å². The number of allylic oxidation sites excluding steroid dienone is 3. The van der Waals surface area contributed by atoms with Crippen molar-refractivity contribution in [2.75, 3.05) is 28.4 Å². The number of nitrogens with zero attached hydrogens (tertiary/aromatic N) is 1. The van der Waals surface area contributed by atoms with E-state index in [-0.39, 0.29) is 28.6 Å². The Labute approximate surface area is 154 Å².